The molecule has 5 amide bonds. The molecule has 1 aromatic heterocycles. The number of hydrogen-bond acceptors (Lipinski definition) is 7. The van der Waals surface area contributed by atoms with E-state index >= 15 is 0 Å². The lowest BCUT2D eigenvalue weighted by Gasteiger charge is -2.51. The Kier molecular flexibility index (Phi) is 8.61. The molecule has 44 heavy (non-hydrogen) atoms. The minimum Gasteiger partial charge on any atom is -0.468 e. The van der Waals surface area contributed by atoms with E-state index in [2.05, 4.69) is 10.3 Å². The van der Waals surface area contributed by atoms with Crippen LogP contribution in [-0.4, -0.2) is 93.5 Å². The first-order valence-corrected chi connectivity index (χ1v) is 14.5. The Hall–Kier alpha value is -4.87. The Balaban J connectivity index is 1.55. The zero-order valence-electron chi connectivity index (χ0n) is 25.2. The van der Waals surface area contributed by atoms with Crippen molar-refractivity contribution in [2.75, 3.05) is 20.2 Å². The minimum atomic E-state index is -1.16. The van der Waals surface area contributed by atoms with Gasteiger partial charge in [0.1, 0.15) is 18.2 Å². The monoisotopic (exact) mass is 603 g/mol. The molecule has 0 spiro atoms. The van der Waals surface area contributed by atoms with Gasteiger partial charge in [-0.3, -0.25) is 19.3 Å². The van der Waals surface area contributed by atoms with Crippen LogP contribution in [0.4, 0.5) is 9.59 Å². The van der Waals surface area contributed by atoms with Crippen molar-refractivity contribution in [3.8, 4) is 0 Å². The summed E-state index contributed by atoms with van der Waals surface area (Å²) in [5.74, 6) is -1.67. The molecular weight excluding hydrogens is 566 g/mol. The molecule has 2 aromatic carbocycles. The minimum absolute atomic E-state index is 0.0289. The molecule has 232 valence electrons. The molecule has 3 aromatic rings. The van der Waals surface area contributed by atoms with E-state index < -0.39 is 53.6 Å². The molecule has 5 rings (SSSR count). The number of carbonyl (C=O) groups excluding carboxylic acids is 5. The average Bonchev–Trinajstić information content (AvgIpc) is 3.38. The fraction of sp³-hybridized carbons (Fsp3) is 0.406. The molecule has 2 fully saturated rings. The van der Waals surface area contributed by atoms with Crippen molar-refractivity contribution in [2.24, 2.45) is 0 Å². The number of esters is 1. The molecule has 3 heterocycles. The maximum absolute atomic E-state index is 14.2. The Bertz CT molecular complexity index is 1560. The second-order valence-electron chi connectivity index (χ2n) is 12.1. The van der Waals surface area contributed by atoms with Crippen LogP contribution in [0.25, 0.3) is 10.9 Å². The first-order valence-electron chi connectivity index (χ1n) is 14.5. The smallest absolute Gasteiger partial charge is 0.407 e. The van der Waals surface area contributed by atoms with E-state index in [1.54, 1.807) is 20.8 Å². The maximum atomic E-state index is 14.2. The number of methoxy groups -OCH3 is 1. The summed E-state index contributed by atoms with van der Waals surface area (Å²) >= 11 is 0. The van der Waals surface area contributed by atoms with E-state index in [-0.39, 0.29) is 32.5 Å². The Morgan fingerprint density at radius 1 is 1.05 bits per heavy atom. The lowest BCUT2D eigenvalue weighted by molar-refractivity contribution is -0.157. The highest BCUT2D eigenvalue weighted by Gasteiger charge is 2.52. The summed E-state index contributed by atoms with van der Waals surface area (Å²) in [7, 11) is 1.22. The van der Waals surface area contributed by atoms with E-state index in [4.69, 9.17) is 9.47 Å². The van der Waals surface area contributed by atoms with Crippen LogP contribution in [0.15, 0.2) is 60.8 Å². The number of ether oxygens (including phenoxy) is 2. The molecule has 2 aliphatic rings. The third-order valence-corrected chi connectivity index (χ3v) is 7.83. The first-order chi connectivity index (χ1) is 20.9. The van der Waals surface area contributed by atoms with Crippen LogP contribution < -0.4 is 5.32 Å². The first kappa shape index (κ1) is 30.6. The molecule has 12 heteroatoms. The van der Waals surface area contributed by atoms with Gasteiger partial charge < -0.3 is 29.6 Å². The number of piperazine rings is 1. The number of amides is 5. The molecule has 3 atom stereocenters. The van der Waals surface area contributed by atoms with Crippen molar-refractivity contribution >= 4 is 40.8 Å². The number of alkyl carbamates (subject to hydrolysis) is 1. The van der Waals surface area contributed by atoms with Gasteiger partial charge in [-0.15, -0.1) is 0 Å². The normalized spacial score (nSPS) is 19.5. The summed E-state index contributed by atoms with van der Waals surface area (Å²) < 4.78 is 10.4. The zero-order chi connectivity index (χ0) is 31.6. The van der Waals surface area contributed by atoms with Gasteiger partial charge in [0, 0.05) is 23.6 Å². The number of hydrogen-bond donors (Lipinski definition) is 2. The molecule has 2 N–H and O–H groups in total. The van der Waals surface area contributed by atoms with Gasteiger partial charge in [0.2, 0.25) is 11.8 Å². The van der Waals surface area contributed by atoms with Crippen LogP contribution in [0.2, 0.25) is 0 Å². The second-order valence-corrected chi connectivity index (χ2v) is 12.1. The molecule has 0 radical (unpaired) electrons. The highest BCUT2D eigenvalue weighted by Crippen LogP contribution is 2.31. The number of H-pyrrole nitrogens is 1. The standard InChI is InChI=1S/C32H37N5O7/c1-32(2,3)44-30(41)34-24(14-21-16-33-23-13-9-8-12-22(21)23)26-18-35(19-28(39)43-4)29(40)25-15-27(38)36(31(42)37(25)26)17-20-10-6-5-7-11-20/h5-13,16,24-26,33H,14-15,17-19H2,1-4H3,(H,34,41)/t24-,25+,26-/m1/s1. The van der Waals surface area contributed by atoms with Gasteiger partial charge in [-0.25, -0.2) is 9.59 Å². The zero-order valence-corrected chi connectivity index (χ0v) is 25.2. The van der Waals surface area contributed by atoms with Crippen molar-refractivity contribution in [3.63, 3.8) is 0 Å². The summed E-state index contributed by atoms with van der Waals surface area (Å²) in [5, 5.41) is 3.89. The Morgan fingerprint density at radius 3 is 2.45 bits per heavy atom. The van der Waals surface area contributed by atoms with Crippen LogP contribution in [0, 0.1) is 0 Å². The van der Waals surface area contributed by atoms with E-state index in [0.717, 1.165) is 26.9 Å². The predicted octanol–water partition coefficient (Wildman–Crippen LogP) is 3.21. The maximum Gasteiger partial charge on any atom is 0.407 e. The third kappa shape index (κ3) is 6.53. The van der Waals surface area contributed by atoms with Crippen LogP contribution in [0.5, 0.6) is 0 Å². The average molecular weight is 604 g/mol. The fourth-order valence-corrected chi connectivity index (χ4v) is 5.83. The Morgan fingerprint density at radius 2 is 1.75 bits per heavy atom. The quantitative estimate of drug-likeness (QED) is 0.377. The van der Waals surface area contributed by atoms with Crippen LogP contribution in [0.1, 0.15) is 38.3 Å². The van der Waals surface area contributed by atoms with E-state index in [0.29, 0.717) is 0 Å². The molecular formula is C32H37N5O7. The molecule has 0 aliphatic carbocycles. The third-order valence-electron chi connectivity index (χ3n) is 7.83. The van der Waals surface area contributed by atoms with Crippen molar-refractivity contribution < 1.29 is 33.4 Å². The van der Waals surface area contributed by atoms with E-state index in [1.165, 1.54) is 16.9 Å². The molecule has 2 saturated heterocycles. The SMILES string of the molecule is COC(=O)CN1C[C@H]([C@@H](Cc2c[nH]c3ccccc23)NC(=O)OC(C)(C)C)N2C(=O)N(Cc3ccccc3)C(=O)C[C@H]2C1=O. The predicted molar refractivity (Wildman–Crippen MR) is 160 cm³/mol. The van der Waals surface area contributed by atoms with Crippen LogP contribution in [0.3, 0.4) is 0 Å². The summed E-state index contributed by atoms with van der Waals surface area (Å²) in [6.45, 7) is 4.83. The molecule has 0 unspecified atom stereocenters. The largest absolute Gasteiger partial charge is 0.468 e. The van der Waals surface area contributed by atoms with Gasteiger partial charge in [0.15, 0.2) is 0 Å². The summed E-state index contributed by atoms with van der Waals surface area (Å²) in [5.41, 5.74) is 1.73. The number of fused-ring (bicyclic) bond motifs is 2. The number of nitrogens with one attached hydrogen (secondary N) is 2. The van der Waals surface area contributed by atoms with Crippen molar-refractivity contribution in [3.05, 3.63) is 71.9 Å². The lowest BCUT2D eigenvalue weighted by Crippen LogP contribution is -2.73. The van der Waals surface area contributed by atoms with Crippen LogP contribution >= 0.6 is 0 Å². The van der Waals surface area contributed by atoms with Gasteiger partial charge in [0.25, 0.3) is 0 Å². The molecule has 0 saturated carbocycles. The second kappa shape index (κ2) is 12.4. The van der Waals surface area contributed by atoms with Gasteiger partial charge >= 0.3 is 18.1 Å². The highest BCUT2D eigenvalue weighted by atomic mass is 16.6. The summed E-state index contributed by atoms with van der Waals surface area (Å²) in [6, 6.07) is 13.4. The summed E-state index contributed by atoms with van der Waals surface area (Å²) in [4.78, 5) is 73.8. The van der Waals surface area contributed by atoms with Gasteiger partial charge in [-0.2, -0.15) is 0 Å². The fourth-order valence-electron chi connectivity index (χ4n) is 5.83. The Labute approximate surface area is 255 Å². The number of aromatic nitrogens is 1. The number of imide groups is 1. The lowest BCUT2D eigenvalue weighted by atomic mass is 9.91. The van der Waals surface area contributed by atoms with E-state index in [9.17, 15) is 24.0 Å². The van der Waals surface area contributed by atoms with E-state index in [1.807, 2.05) is 60.8 Å². The summed E-state index contributed by atoms with van der Waals surface area (Å²) in [6.07, 6.45) is 1.14. The van der Waals surface area contributed by atoms with Crippen LogP contribution in [-0.2, 0) is 36.8 Å². The number of benzene rings is 2. The van der Waals surface area contributed by atoms with Gasteiger partial charge in [-0.05, 0) is 44.4 Å². The number of rotatable bonds is 8. The molecule has 2 aliphatic heterocycles. The van der Waals surface area contributed by atoms with Crippen molar-refractivity contribution in [2.45, 2.75) is 63.9 Å². The number of aromatic amines is 1. The number of nitrogens with zero attached hydrogens (tertiary/aromatic N) is 3. The molecule has 0 bridgehead atoms. The number of urea groups is 1. The van der Waals surface area contributed by atoms with Gasteiger partial charge in [0.05, 0.1) is 32.2 Å². The van der Waals surface area contributed by atoms with Crippen molar-refractivity contribution in [1.82, 2.24) is 25.0 Å². The molecule has 12 nitrogen and oxygen atoms in total. The highest BCUT2D eigenvalue weighted by molar-refractivity contribution is 6.03. The van der Waals surface area contributed by atoms with Crippen molar-refractivity contribution in [1.29, 1.82) is 0 Å². The number of carbonyl (C=O) groups is 5. The van der Waals surface area contributed by atoms with Gasteiger partial charge in [-0.1, -0.05) is 48.5 Å². The topological polar surface area (TPSA) is 141 Å². The number of para-hydroxylation sites is 1.